The highest BCUT2D eigenvalue weighted by atomic mass is 16.7. The lowest BCUT2D eigenvalue weighted by molar-refractivity contribution is -0.336. The number of rotatable bonds is 7. The van der Waals surface area contributed by atoms with Crippen molar-refractivity contribution in [3.8, 4) is 0 Å². The van der Waals surface area contributed by atoms with Crippen LogP contribution >= 0.6 is 0 Å². The fourth-order valence-corrected chi connectivity index (χ4v) is 7.00. The second-order valence-corrected chi connectivity index (χ2v) is 12.8. The molecule has 4 aliphatic rings. The average Bonchev–Trinajstić information content (AvgIpc) is 3.12. The van der Waals surface area contributed by atoms with Crippen LogP contribution in [0.5, 0.6) is 0 Å². The molecule has 2 aliphatic heterocycles. The van der Waals surface area contributed by atoms with Gasteiger partial charge in [0, 0.05) is 0 Å². The standard InChI is InChI=1S/C26H46O11/c1-23(2,14-6-9-24(3)7-5-8-25(4,32)16(24)10-14)37-21-19(30)18(29)17(28)15(36-21)11-34-22-20(31)26(33,12-27)13-35-22/h14-22,27-33H,5-13H2,1-4H3/t14-,15-,16?,17-,18+,19-,20+,21+,22-,24-,25+,26-/m1/s1. The third-order valence-electron chi connectivity index (χ3n) is 9.68. The fourth-order valence-electron chi connectivity index (χ4n) is 7.00. The minimum absolute atomic E-state index is 0.0721. The molecule has 0 bridgehead atoms. The van der Waals surface area contributed by atoms with Crippen LogP contribution in [0.1, 0.15) is 66.2 Å². The van der Waals surface area contributed by atoms with E-state index in [4.69, 9.17) is 18.9 Å². The second-order valence-electron chi connectivity index (χ2n) is 12.8. The van der Waals surface area contributed by atoms with Gasteiger partial charge in [-0.1, -0.05) is 13.3 Å². The van der Waals surface area contributed by atoms with Gasteiger partial charge in [0.05, 0.1) is 31.0 Å². The van der Waals surface area contributed by atoms with Crippen LogP contribution < -0.4 is 0 Å². The first-order chi connectivity index (χ1) is 17.1. The Morgan fingerprint density at radius 1 is 0.946 bits per heavy atom. The van der Waals surface area contributed by atoms with Gasteiger partial charge >= 0.3 is 0 Å². The zero-order valence-electron chi connectivity index (χ0n) is 22.3. The number of hydrogen-bond donors (Lipinski definition) is 7. The summed E-state index contributed by atoms with van der Waals surface area (Å²) in [6.07, 6.45) is -4.26. The second kappa shape index (κ2) is 10.5. The normalized spacial score (nSPS) is 51.2. The molecule has 2 heterocycles. The summed E-state index contributed by atoms with van der Waals surface area (Å²) in [6, 6.07) is 0. The maximum Gasteiger partial charge on any atom is 0.187 e. The van der Waals surface area contributed by atoms with E-state index in [0.29, 0.717) is 0 Å². The molecule has 0 radical (unpaired) electrons. The van der Waals surface area contributed by atoms with Crippen LogP contribution in [0.2, 0.25) is 0 Å². The quantitative estimate of drug-likeness (QED) is 0.222. The molecule has 2 saturated carbocycles. The Morgan fingerprint density at radius 3 is 2.30 bits per heavy atom. The minimum atomic E-state index is -1.86. The van der Waals surface area contributed by atoms with E-state index in [1.54, 1.807) is 0 Å². The average molecular weight is 535 g/mol. The van der Waals surface area contributed by atoms with Gasteiger partial charge in [-0.3, -0.25) is 0 Å². The summed E-state index contributed by atoms with van der Waals surface area (Å²) < 4.78 is 22.8. The van der Waals surface area contributed by atoms with Gasteiger partial charge in [-0.2, -0.15) is 0 Å². The predicted molar refractivity (Wildman–Crippen MR) is 129 cm³/mol. The van der Waals surface area contributed by atoms with E-state index in [-0.39, 0.29) is 30.5 Å². The third-order valence-corrected chi connectivity index (χ3v) is 9.68. The van der Waals surface area contributed by atoms with Crippen LogP contribution in [-0.2, 0) is 18.9 Å². The van der Waals surface area contributed by atoms with E-state index in [2.05, 4.69) is 6.92 Å². The molecule has 2 aliphatic carbocycles. The van der Waals surface area contributed by atoms with Crippen LogP contribution in [0, 0.1) is 17.3 Å². The summed E-state index contributed by atoms with van der Waals surface area (Å²) in [6.45, 7) is 6.63. The summed E-state index contributed by atoms with van der Waals surface area (Å²) >= 11 is 0. The molecule has 0 aromatic carbocycles. The zero-order valence-corrected chi connectivity index (χ0v) is 22.3. The summed E-state index contributed by atoms with van der Waals surface area (Å²) in [5, 5.41) is 72.4. The summed E-state index contributed by atoms with van der Waals surface area (Å²) in [4.78, 5) is 0. The molecule has 216 valence electrons. The van der Waals surface area contributed by atoms with E-state index in [9.17, 15) is 35.7 Å². The van der Waals surface area contributed by atoms with Crippen LogP contribution in [0.3, 0.4) is 0 Å². The number of fused-ring (bicyclic) bond motifs is 1. The summed E-state index contributed by atoms with van der Waals surface area (Å²) in [5.41, 5.74) is -3.30. The molecule has 0 amide bonds. The molecule has 0 aromatic heterocycles. The molecule has 0 aromatic rings. The lowest BCUT2D eigenvalue weighted by atomic mass is 9.52. The molecule has 12 atom stereocenters. The first-order valence-electron chi connectivity index (χ1n) is 13.5. The Kier molecular flexibility index (Phi) is 8.39. The molecular weight excluding hydrogens is 488 g/mol. The highest BCUT2D eigenvalue weighted by Gasteiger charge is 2.55. The SMILES string of the molecule is CC(C)(O[C@@H]1O[C@H](CO[C@@H]2OC[C@](O)(CO)[C@H]2O)[C@@H](O)[C@H](O)[C@H]1O)[C@@H]1CC[C@@]2(C)CCC[C@](C)(O)C2C1. The van der Waals surface area contributed by atoms with Gasteiger partial charge < -0.3 is 54.7 Å². The smallest absolute Gasteiger partial charge is 0.187 e. The Hall–Kier alpha value is -0.440. The number of aliphatic hydroxyl groups is 7. The lowest BCUT2D eigenvalue weighted by Gasteiger charge is -2.56. The van der Waals surface area contributed by atoms with E-state index >= 15 is 0 Å². The summed E-state index contributed by atoms with van der Waals surface area (Å²) in [7, 11) is 0. The molecule has 37 heavy (non-hydrogen) atoms. The Bertz CT molecular complexity index is 792. The van der Waals surface area contributed by atoms with Crippen LogP contribution in [0.15, 0.2) is 0 Å². The maximum atomic E-state index is 11.2. The van der Waals surface area contributed by atoms with Gasteiger partial charge in [0.15, 0.2) is 12.6 Å². The molecule has 11 nitrogen and oxygen atoms in total. The van der Waals surface area contributed by atoms with Crippen LogP contribution in [-0.4, -0.2) is 115 Å². The monoisotopic (exact) mass is 534 g/mol. The lowest BCUT2D eigenvalue weighted by Crippen LogP contribution is -2.61. The van der Waals surface area contributed by atoms with Crippen molar-refractivity contribution in [3.05, 3.63) is 0 Å². The van der Waals surface area contributed by atoms with Crippen LogP contribution in [0.25, 0.3) is 0 Å². The van der Waals surface area contributed by atoms with E-state index in [1.807, 2.05) is 20.8 Å². The molecule has 2 saturated heterocycles. The van der Waals surface area contributed by atoms with Crippen molar-refractivity contribution in [2.75, 3.05) is 19.8 Å². The predicted octanol–water partition coefficient (Wildman–Crippen LogP) is -0.596. The highest BCUT2D eigenvalue weighted by Crippen LogP contribution is 2.57. The van der Waals surface area contributed by atoms with Gasteiger partial charge in [0.25, 0.3) is 0 Å². The van der Waals surface area contributed by atoms with Crippen molar-refractivity contribution >= 4 is 0 Å². The fraction of sp³-hybridized carbons (Fsp3) is 1.00. The van der Waals surface area contributed by atoms with Gasteiger partial charge in [-0.25, -0.2) is 0 Å². The maximum absolute atomic E-state index is 11.2. The zero-order chi connectivity index (χ0) is 27.4. The molecule has 7 N–H and O–H groups in total. The number of ether oxygens (including phenoxy) is 4. The van der Waals surface area contributed by atoms with Gasteiger partial charge in [-0.05, 0) is 70.1 Å². The Labute approximate surface area is 218 Å². The van der Waals surface area contributed by atoms with Gasteiger partial charge in [0.2, 0.25) is 0 Å². The molecule has 0 spiro atoms. The van der Waals surface area contributed by atoms with Crippen molar-refractivity contribution in [1.82, 2.24) is 0 Å². The molecule has 1 unspecified atom stereocenters. The van der Waals surface area contributed by atoms with Gasteiger partial charge in [0.1, 0.15) is 36.1 Å². The molecule has 11 heteroatoms. The molecule has 4 fully saturated rings. The topological polar surface area (TPSA) is 179 Å². The highest BCUT2D eigenvalue weighted by molar-refractivity contribution is 5.04. The first kappa shape index (κ1) is 29.5. The molecular formula is C26H46O11. The van der Waals surface area contributed by atoms with Crippen molar-refractivity contribution in [2.24, 2.45) is 17.3 Å². The van der Waals surface area contributed by atoms with Crippen molar-refractivity contribution in [1.29, 1.82) is 0 Å². The van der Waals surface area contributed by atoms with E-state index in [0.717, 1.165) is 38.5 Å². The van der Waals surface area contributed by atoms with Gasteiger partial charge in [-0.15, -0.1) is 0 Å². The van der Waals surface area contributed by atoms with Crippen molar-refractivity contribution < 1.29 is 54.7 Å². The van der Waals surface area contributed by atoms with Crippen LogP contribution in [0.4, 0.5) is 0 Å². The summed E-state index contributed by atoms with van der Waals surface area (Å²) in [5.74, 6) is 0.194. The Morgan fingerprint density at radius 2 is 1.65 bits per heavy atom. The minimum Gasteiger partial charge on any atom is -0.393 e. The van der Waals surface area contributed by atoms with Crippen molar-refractivity contribution in [2.45, 2.75) is 126 Å². The van der Waals surface area contributed by atoms with Crippen molar-refractivity contribution in [3.63, 3.8) is 0 Å². The Balaban J connectivity index is 1.40. The van der Waals surface area contributed by atoms with E-state index < -0.39 is 66.5 Å². The number of aliphatic hydroxyl groups excluding tert-OH is 5. The first-order valence-corrected chi connectivity index (χ1v) is 13.5. The third kappa shape index (κ3) is 5.60. The van der Waals surface area contributed by atoms with E-state index in [1.165, 1.54) is 0 Å². The number of hydrogen-bond acceptors (Lipinski definition) is 11. The molecule has 4 rings (SSSR count). The largest absolute Gasteiger partial charge is 0.393 e.